The molecule has 3 heterocycles. The fourth-order valence-electron chi connectivity index (χ4n) is 9.91. The minimum absolute atomic E-state index is 0.0130. The van der Waals surface area contributed by atoms with Crippen molar-refractivity contribution >= 4 is 35.0 Å². The molecular formula is C46H51N3O23. The third-order valence-corrected chi connectivity index (χ3v) is 13.5. The fourth-order valence-corrected chi connectivity index (χ4v) is 9.91. The Hall–Kier alpha value is -6.59. The molecule has 0 radical (unpaired) electrons. The molecule has 8 rings (SSSR count). The summed E-state index contributed by atoms with van der Waals surface area (Å²) in [6, 6.07) is 3.85. The number of ketones is 3. The Morgan fingerprint density at radius 3 is 2.35 bits per heavy atom. The maximum Gasteiger partial charge on any atom is 0.412 e. The highest BCUT2D eigenvalue weighted by molar-refractivity contribution is 6.31. The van der Waals surface area contributed by atoms with E-state index in [9.17, 15) is 74.9 Å². The number of hydrogen-bond donors (Lipinski definition) is 9. The van der Waals surface area contributed by atoms with Crippen LogP contribution in [0.3, 0.4) is 0 Å². The number of methoxy groups -OCH3 is 2. The lowest BCUT2D eigenvalue weighted by atomic mass is 9.72. The Bertz CT molecular complexity index is 2700. The lowest BCUT2D eigenvalue weighted by molar-refractivity contribution is -0.386. The quantitative estimate of drug-likeness (QED) is 0.0435. The van der Waals surface area contributed by atoms with Crippen molar-refractivity contribution in [3.05, 3.63) is 79.4 Å². The van der Waals surface area contributed by atoms with Gasteiger partial charge in [-0.3, -0.25) is 34.2 Å². The number of ether oxygens (including phenoxy) is 8. The molecule has 2 aliphatic carbocycles. The Kier molecular flexibility index (Phi) is 14.5. The van der Waals surface area contributed by atoms with Crippen molar-refractivity contribution in [2.45, 2.75) is 106 Å². The molecule has 3 aromatic carbocycles. The summed E-state index contributed by atoms with van der Waals surface area (Å²) in [6.07, 6.45) is -15.0. The van der Waals surface area contributed by atoms with Gasteiger partial charge in [0.25, 0.3) is 11.6 Å². The van der Waals surface area contributed by atoms with Crippen molar-refractivity contribution in [2.75, 3.05) is 40.8 Å². The van der Waals surface area contributed by atoms with E-state index in [0.29, 0.717) is 0 Å². The van der Waals surface area contributed by atoms with Gasteiger partial charge in [-0.1, -0.05) is 12.1 Å². The molecular weight excluding hydrogens is 963 g/mol. The Morgan fingerprint density at radius 1 is 0.972 bits per heavy atom. The third kappa shape index (κ3) is 9.03. The van der Waals surface area contributed by atoms with Crippen LogP contribution in [0.2, 0.25) is 0 Å². The third-order valence-electron chi connectivity index (χ3n) is 13.5. The topological polar surface area (TPSA) is 379 Å². The standard InChI is InChI=1S/C46H51N3O23/c1-17(20-8-25(66-4)26(9-22(20)49(63)64)67-15-30(53)47-36-42(59)39(56)28(13-50)72-44(36)60)70-45(61)48-16-68-43-18(2)69-31(10-23(43)48)71-27-12-46(62,29(52)14-51)11-21-33(27)41(58)35-34(38(21)55)37(54)19-6-5-7-24(65-3)32(19)40(35)57/h5-9,17-18,23,27-28,31,36,39,42-44,50-51,55-56,58-60,62H,10-16H2,1-4H3,(H,47,53)/t17?,18-,23-,27-,28+,31-,36+,39+,42+,43+,44+,46-/m0/s1. The van der Waals surface area contributed by atoms with E-state index in [2.05, 4.69) is 5.32 Å². The Morgan fingerprint density at radius 2 is 1.68 bits per heavy atom. The molecule has 3 saturated heterocycles. The summed E-state index contributed by atoms with van der Waals surface area (Å²) in [5, 5.41) is 99.9. The number of phenolic OH excluding ortho intramolecular Hbond substituents is 2. The number of nitrogens with one attached hydrogen (secondary N) is 1. The molecule has 0 aromatic heterocycles. The van der Waals surface area contributed by atoms with Crippen LogP contribution < -0.4 is 19.5 Å². The van der Waals surface area contributed by atoms with Crippen LogP contribution in [0.15, 0.2) is 30.3 Å². The zero-order chi connectivity index (χ0) is 52.2. The van der Waals surface area contributed by atoms with E-state index in [1.807, 2.05) is 0 Å². The molecule has 72 heavy (non-hydrogen) atoms. The number of aliphatic hydroxyl groups is 6. The zero-order valence-electron chi connectivity index (χ0n) is 38.8. The molecule has 0 bridgehead atoms. The molecule has 1 unspecified atom stereocenters. The molecule has 12 atom stereocenters. The van der Waals surface area contributed by atoms with Gasteiger partial charge in [-0.15, -0.1) is 0 Å². The van der Waals surface area contributed by atoms with Crippen LogP contribution >= 0.6 is 0 Å². The molecule has 26 heteroatoms. The second-order valence-electron chi connectivity index (χ2n) is 17.8. The van der Waals surface area contributed by atoms with E-state index in [-0.39, 0.29) is 58.2 Å². The predicted molar refractivity (Wildman–Crippen MR) is 235 cm³/mol. The van der Waals surface area contributed by atoms with Gasteiger partial charge in [0.1, 0.15) is 72.7 Å². The number of carbonyl (C=O) groups is 5. The van der Waals surface area contributed by atoms with E-state index in [1.165, 1.54) is 44.2 Å². The number of nitro groups is 1. The van der Waals surface area contributed by atoms with E-state index >= 15 is 0 Å². The minimum Gasteiger partial charge on any atom is -0.507 e. The van der Waals surface area contributed by atoms with E-state index in [4.69, 9.17) is 37.9 Å². The van der Waals surface area contributed by atoms with Gasteiger partial charge in [0, 0.05) is 36.0 Å². The summed E-state index contributed by atoms with van der Waals surface area (Å²) in [5.41, 5.74) is -5.28. The van der Waals surface area contributed by atoms with Gasteiger partial charge in [0.15, 0.2) is 42.3 Å². The largest absolute Gasteiger partial charge is 0.507 e. The first-order chi connectivity index (χ1) is 34.2. The Balaban J connectivity index is 1.00. The van der Waals surface area contributed by atoms with Crippen molar-refractivity contribution in [1.29, 1.82) is 0 Å². The van der Waals surface area contributed by atoms with Gasteiger partial charge in [0.2, 0.25) is 5.78 Å². The monoisotopic (exact) mass is 1010 g/mol. The number of Topliss-reactive ketones (excluding diaryl/α,β-unsaturated/α-hetero) is 1. The van der Waals surface area contributed by atoms with Crippen LogP contribution in [-0.2, 0) is 39.7 Å². The second kappa shape index (κ2) is 20.1. The number of rotatable bonds is 14. The number of nitro benzene ring substituents is 1. The van der Waals surface area contributed by atoms with Gasteiger partial charge in [-0.25, -0.2) is 4.79 Å². The molecule has 3 aliphatic heterocycles. The molecule has 0 saturated carbocycles. The van der Waals surface area contributed by atoms with Crippen molar-refractivity contribution in [3.63, 3.8) is 0 Å². The van der Waals surface area contributed by atoms with Gasteiger partial charge >= 0.3 is 6.09 Å². The van der Waals surface area contributed by atoms with Crippen LogP contribution in [0.1, 0.15) is 87.4 Å². The van der Waals surface area contributed by atoms with Crippen LogP contribution in [0.4, 0.5) is 10.5 Å². The molecule has 0 spiro atoms. The fraction of sp³-hybridized carbons (Fsp3) is 0.500. The number of benzene rings is 3. The lowest BCUT2D eigenvalue weighted by Crippen LogP contribution is -2.64. The van der Waals surface area contributed by atoms with Gasteiger partial charge < -0.3 is 84.1 Å². The second-order valence-corrected chi connectivity index (χ2v) is 17.8. The summed E-state index contributed by atoms with van der Waals surface area (Å²) in [7, 11) is 2.47. The number of phenols is 2. The predicted octanol–water partition coefficient (Wildman–Crippen LogP) is -0.550. The number of nitrogens with zero attached hydrogens (tertiary/aromatic N) is 2. The van der Waals surface area contributed by atoms with E-state index in [0.717, 1.165) is 12.1 Å². The van der Waals surface area contributed by atoms with Crippen LogP contribution in [0.5, 0.6) is 28.7 Å². The molecule has 388 valence electrons. The highest BCUT2D eigenvalue weighted by Crippen LogP contribution is 2.53. The highest BCUT2D eigenvalue weighted by Gasteiger charge is 2.53. The van der Waals surface area contributed by atoms with Crippen LogP contribution in [-0.4, -0.2) is 182 Å². The molecule has 2 amide bonds. The van der Waals surface area contributed by atoms with Crippen molar-refractivity contribution in [1.82, 2.24) is 10.2 Å². The number of hydrogen-bond acceptors (Lipinski definition) is 23. The number of amides is 2. The van der Waals surface area contributed by atoms with E-state index < -0.39 is 168 Å². The van der Waals surface area contributed by atoms with Crippen molar-refractivity contribution < 1.29 is 108 Å². The van der Waals surface area contributed by atoms with E-state index in [1.54, 1.807) is 6.92 Å². The SMILES string of the molecule is COc1cc(C(C)OC(=O)N2CO[C@@H]3[C@H](C)O[C@@H](O[C@H]4C[C@](O)(C(=O)CO)Cc5c(O)c6c(c(O)c54)C(=O)c4c(OC)cccc4C6=O)C[C@@H]32)c([N+](=O)[O-])cc1OCC(=O)N[C@@H]1[C@@H](O)[C@H](O)[C@@H](CO)O[C@H]1O. The average Bonchev–Trinajstić information content (AvgIpc) is 3.79. The van der Waals surface area contributed by atoms with Gasteiger partial charge in [-0.05, 0) is 26.0 Å². The summed E-state index contributed by atoms with van der Waals surface area (Å²) in [4.78, 5) is 80.6. The van der Waals surface area contributed by atoms with Crippen molar-refractivity contribution in [2.24, 2.45) is 0 Å². The molecule has 9 N–H and O–H groups in total. The number of fused-ring (bicyclic) bond motifs is 4. The lowest BCUT2D eigenvalue weighted by Gasteiger charge is -2.42. The minimum atomic E-state index is -2.43. The number of carbonyl (C=O) groups excluding carboxylic acids is 5. The molecule has 3 fully saturated rings. The van der Waals surface area contributed by atoms with Crippen LogP contribution in [0, 0.1) is 10.1 Å². The summed E-state index contributed by atoms with van der Waals surface area (Å²) in [5.74, 6) is -5.83. The van der Waals surface area contributed by atoms with Gasteiger partial charge in [-0.2, -0.15) is 0 Å². The summed E-state index contributed by atoms with van der Waals surface area (Å²) < 4.78 is 45.4. The number of aliphatic hydroxyl groups excluding tert-OH is 5. The average molecular weight is 1010 g/mol. The molecule has 26 nitrogen and oxygen atoms in total. The smallest absolute Gasteiger partial charge is 0.412 e. The summed E-state index contributed by atoms with van der Waals surface area (Å²) >= 11 is 0. The Labute approximate surface area is 407 Å². The number of aromatic hydroxyl groups is 2. The maximum atomic E-state index is 14.1. The van der Waals surface area contributed by atoms with Crippen molar-refractivity contribution in [3.8, 4) is 28.7 Å². The zero-order valence-corrected chi connectivity index (χ0v) is 38.8. The summed E-state index contributed by atoms with van der Waals surface area (Å²) in [6.45, 7) is -0.148. The first-order valence-electron chi connectivity index (χ1n) is 22.4. The molecule has 3 aromatic rings. The normalized spacial score (nSPS) is 28.9. The first kappa shape index (κ1) is 51.8. The van der Waals surface area contributed by atoms with Gasteiger partial charge in [0.05, 0.1) is 72.3 Å². The molecule has 5 aliphatic rings. The first-order valence-corrected chi connectivity index (χ1v) is 22.4. The van der Waals surface area contributed by atoms with Crippen LogP contribution in [0.25, 0.3) is 0 Å². The maximum absolute atomic E-state index is 14.1. The highest BCUT2D eigenvalue weighted by atomic mass is 16.7.